The van der Waals surface area contributed by atoms with Crippen molar-refractivity contribution in [1.29, 1.82) is 0 Å². The van der Waals surface area contributed by atoms with E-state index in [9.17, 15) is 0 Å². The Morgan fingerprint density at radius 3 is 2.89 bits per heavy atom. The molecule has 3 aromatic rings. The van der Waals surface area contributed by atoms with E-state index in [1.807, 2.05) is 22.9 Å². The quantitative estimate of drug-likeness (QED) is 0.733. The first-order chi connectivity index (χ1) is 9.15. The number of hydrogen-bond acceptors (Lipinski definition) is 2. The normalized spacial score (nSPS) is 11.6. The number of nitrogens with zero attached hydrogens (tertiary/aromatic N) is 4. The summed E-state index contributed by atoms with van der Waals surface area (Å²) in [6, 6.07) is 8.31. The fraction of sp³-hybridized carbons (Fsp3) is 0.286. The standard InChI is InChI=1S/C14H15ClN4/c1-10(2)19-14(16-9-17-19)8-18-6-5-11-3-4-12(15)7-13(11)18/h3-7,9-10H,8H2,1-2H3. The van der Waals surface area contributed by atoms with Crippen LogP contribution in [0.2, 0.25) is 5.02 Å². The van der Waals surface area contributed by atoms with Gasteiger partial charge in [-0.25, -0.2) is 9.67 Å². The molecule has 0 saturated heterocycles. The largest absolute Gasteiger partial charge is 0.340 e. The molecule has 19 heavy (non-hydrogen) atoms. The van der Waals surface area contributed by atoms with Crippen molar-refractivity contribution < 1.29 is 0 Å². The lowest BCUT2D eigenvalue weighted by Crippen LogP contribution is -2.11. The van der Waals surface area contributed by atoms with Crippen LogP contribution in [0, 0.1) is 0 Å². The highest BCUT2D eigenvalue weighted by Gasteiger charge is 2.09. The Balaban J connectivity index is 2.01. The van der Waals surface area contributed by atoms with Gasteiger partial charge in [0.25, 0.3) is 0 Å². The summed E-state index contributed by atoms with van der Waals surface area (Å²) in [4.78, 5) is 4.34. The van der Waals surface area contributed by atoms with Crippen LogP contribution in [-0.4, -0.2) is 19.3 Å². The molecule has 5 heteroatoms. The van der Waals surface area contributed by atoms with Crippen LogP contribution in [0.4, 0.5) is 0 Å². The molecular weight excluding hydrogens is 260 g/mol. The molecule has 2 heterocycles. The molecular formula is C14H15ClN4. The van der Waals surface area contributed by atoms with E-state index < -0.39 is 0 Å². The smallest absolute Gasteiger partial charge is 0.147 e. The fourth-order valence-corrected chi connectivity index (χ4v) is 2.43. The summed E-state index contributed by atoms with van der Waals surface area (Å²) in [6.45, 7) is 4.90. The number of hydrogen-bond donors (Lipinski definition) is 0. The second kappa shape index (κ2) is 4.70. The fourth-order valence-electron chi connectivity index (χ4n) is 2.27. The van der Waals surface area contributed by atoms with Crippen molar-refractivity contribution in [1.82, 2.24) is 19.3 Å². The third-order valence-electron chi connectivity index (χ3n) is 3.18. The first-order valence-electron chi connectivity index (χ1n) is 6.28. The molecule has 0 unspecified atom stereocenters. The summed E-state index contributed by atoms with van der Waals surface area (Å²) in [7, 11) is 0. The van der Waals surface area contributed by atoms with E-state index in [1.165, 1.54) is 5.39 Å². The predicted molar refractivity (Wildman–Crippen MR) is 76.5 cm³/mol. The van der Waals surface area contributed by atoms with Gasteiger partial charge in [0, 0.05) is 22.8 Å². The Morgan fingerprint density at radius 2 is 2.11 bits per heavy atom. The van der Waals surface area contributed by atoms with Crippen molar-refractivity contribution in [2.45, 2.75) is 26.4 Å². The molecule has 2 aromatic heterocycles. The van der Waals surface area contributed by atoms with Gasteiger partial charge in [-0.2, -0.15) is 5.10 Å². The predicted octanol–water partition coefficient (Wildman–Crippen LogP) is 3.52. The third kappa shape index (κ3) is 2.24. The minimum atomic E-state index is 0.308. The average molecular weight is 275 g/mol. The van der Waals surface area contributed by atoms with Gasteiger partial charge >= 0.3 is 0 Å². The van der Waals surface area contributed by atoms with Crippen molar-refractivity contribution in [3.63, 3.8) is 0 Å². The summed E-state index contributed by atoms with van der Waals surface area (Å²) < 4.78 is 4.08. The topological polar surface area (TPSA) is 35.6 Å². The molecule has 0 radical (unpaired) electrons. The van der Waals surface area contributed by atoms with Crippen LogP contribution in [0.15, 0.2) is 36.8 Å². The molecule has 3 rings (SSSR count). The molecule has 98 valence electrons. The van der Waals surface area contributed by atoms with Crippen molar-refractivity contribution in [3.05, 3.63) is 47.6 Å². The van der Waals surface area contributed by atoms with Gasteiger partial charge in [-0.05, 0) is 37.4 Å². The zero-order valence-corrected chi connectivity index (χ0v) is 11.7. The van der Waals surface area contributed by atoms with Crippen LogP contribution in [0.3, 0.4) is 0 Å². The van der Waals surface area contributed by atoms with Crippen molar-refractivity contribution in [2.75, 3.05) is 0 Å². The number of fused-ring (bicyclic) bond motifs is 1. The molecule has 0 aliphatic heterocycles. The molecule has 0 amide bonds. The SMILES string of the molecule is CC(C)n1ncnc1Cn1ccc2ccc(Cl)cc21. The lowest BCUT2D eigenvalue weighted by Gasteiger charge is -2.10. The Kier molecular flexibility index (Phi) is 3.03. The van der Waals surface area contributed by atoms with E-state index in [-0.39, 0.29) is 0 Å². The Hall–Kier alpha value is -1.81. The first-order valence-corrected chi connectivity index (χ1v) is 6.66. The van der Waals surface area contributed by atoms with Crippen molar-refractivity contribution in [2.24, 2.45) is 0 Å². The highest BCUT2D eigenvalue weighted by molar-refractivity contribution is 6.31. The van der Waals surface area contributed by atoms with Gasteiger partial charge in [0.1, 0.15) is 12.2 Å². The Bertz CT molecular complexity index is 711. The van der Waals surface area contributed by atoms with E-state index in [0.717, 1.165) is 16.4 Å². The van der Waals surface area contributed by atoms with E-state index in [0.29, 0.717) is 12.6 Å². The molecule has 0 bridgehead atoms. The first kappa shape index (κ1) is 12.2. The van der Waals surface area contributed by atoms with E-state index in [1.54, 1.807) is 6.33 Å². The maximum atomic E-state index is 6.06. The third-order valence-corrected chi connectivity index (χ3v) is 3.42. The zero-order valence-electron chi connectivity index (χ0n) is 10.9. The molecule has 4 nitrogen and oxygen atoms in total. The van der Waals surface area contributed by atoms with E-state index >= 15 is 0 Å². The molecule has 0 fully saturated rings. The summed E-state index contributed by atoms with van der Waals surface area (Å²) >= 11 is 6.06. The van der Waals surface area contributed by atoms with Crippen LogP contribution in [0.1, 0.15) is 25.7 Å². The van der Waals surface area contributed by atoms with Crippen LogP contribution < -0.4 is 0 Å². The van der Waals surface area contributed by atoms with Gasteiger partial charge in [-0.1, -0.05) is 17.7 Å². The summed E-state index contributed by atoms with van der Waals surface area (Å²) in [5, 5.41) is 6.19. The number of rotatable bonds is 3. The minimum Gasteiger partial charge on any atom is -0.340 e. The van der Waals surface area contributed by atoms with Gasteiger partial charge < -0.3 is 4.57 Å². The summed E-state index contributed by atoms with van der Waals surface area (Å²) in [6.07, 6.45) is 3.66. The minimum absolute atomic E-state index is 0.308. The van der Waals surface area contributed by atoms with Crippen LogP contribution in [0.5, 0.6) is 0 Å². The highest BCUT2D eigenvalue weighted by atomic mass is 35.5. The van der Waals surface area contributed by atoms with Crippen molar-refractivity contribution >= 4 is 22.5 Å². The molecule has 0 saturated carbocycles. The monoisotopic (exact) mass is 274 g/mol. The zero-order chi connectivity index (χ0) is 13.4. The lowest BCUT2D eigenvalue weighted by molar-refractivity contribution is 0.498. The molecule has 0 atom stereocenters. The maximum Gasteiger partial charge on any atom is 0.147 e. The van der Waals surface area contributed by atoms with E-state index in [4.69, 9.17) is 11.6 Å². The number of aromatic nitrogens is 4. The number of halogens is 1. The lowest BCUT2D eigenvalue weighted by atomic mass is 10.2. The highest BCUT2D eigenvalue weighted by Crippen LogP contribution is 2.21. The van der Waals surface area contributed by atoms with Gasteiger partial charge in [-0.3, -0.25) is 0 Å². The van der Waals surface area contributed by atoms with Gasteiger partial charge in [-0.15, -0.1) is 0 Å². The van der Waals surface area contributed by atoms with Crippen LogP contribution in [0.25, 0.3) is 10.9 Å². The van der Waals surface area contributed by atoms with Gasteiger partial charge in [0.15, 0.2) is 0 Å². The molecule has 0 N–H and O–H groups in total. The maximum absolute atomic E-state index is 6.06. The van der Waals surface area contributed by atoms with Gasteiger partial charge in [0.2, 0.25) is 0 Å². The second-order valence-electron chi connectivity index (χ2n) is 4.86. The second-order valence-corrected chi connectivity index (χ2v) is 5.30. The van der Waals surface area contributed by atoms with Crippen LogP contribution in [-0.2, 0) is 6.54 Å². The number of benzene rings is 1. The van der Waals surface area contributed by atoms with Gasteiger partial charge in [0.05, 0.1) is 6.54 Å². The molecule has 0 aliphatic rings. The average Bonchev–Trinajstić information content (AvgIpc) is 2.97. The van der Waals surface area contributed by atoms with Crippen molar-refractivity contribution in [3.8, 4) is 0 Å². The van der Waals surface area contributed by atoms with Crippen LogP contribution >= 0.6 is 11.6 Å². The summed E-state index contributed by atoms with van der Waals surface area (Å²) in [5.41, 5.74) is 1.12. The Morgan fingerprint density at radius 1 is 1.26 bits per heavy atom. The molecule has 1 aromatic carbocycles. The van der Waals surface area contributed by atoms with E-state index in [2.05, 4.69) is 40.8 Å². The Labute approximate surface area is 116 Å². The molecule has 0 spiro atoms. The molecule has 0 aliphatic carbocycles. The summed E-state index contributed by atoms with van der Waals surface area (Å²) in [5.74, 6) is 0.951.